The molecule has 6 nitrogen and oxygen atoms in total. The Kier molecular flexibility index (Phi) is 5.75. The Bertz CT molecular complexity index is 582. The third-order valence-corrected chi connectivity index (χ3v) is 4.02. The van der Waals surface area contributed by atoms with Crippen molar-refractivity contribution < 1.29 is 14.3 Å². The number of ether oxygens (including phenoxy) is 1. The monoisotopic (exact) mass is 306 g/mol. The zero-order chi connectivity index (χ0) is 15.9. The van der Waals surface area contributed by atoms with Gasteiger partial charge in [0, 0.05) is 18.3 Å². The molecular weight excluding hydrogens is 284 g/mol. The lowest BCUT2D eigenvalue weighted by Gasteiger charge is -2.29. The molecule has 22 heavy (non-hydrogen) atoms. The number of esters is 1. The van der Waals surface area contributed by atoms with Crippen LogP contribution >= 0.6 is 0 Å². The van der Waals surface area contributed by atoms with E-state index in [0.717, 1.165) is 19.3 Å². The van der Waals surface area contributed by atoms with Crippen molar-refractivity contribution in [3.63, 3.8) is 0 Å². The van der Waals surface area contributed by atoms with Gasteiger partial charge >= 0.3 is 5.97 Å². The van der Waals surface area contributed by atoms with Gasteiger partial charge in [-0.2, -0.15) is 0 Å². The SMILES string of the molecule is C[C@@H]1CCCC[C@H]1NC(=O)COC(=O)Cn1ccccc1=O. The number of rotatable bonds is 5. The van der Waals surface area contributed by atoms with Crippen molar-refractivity contribution in [1.29, 1.82) is 0 Å². The molecule has 1 aliphatic rings. The molecule has 0 spiro atoms. The fourth-order valence-electron chi connectivity index (χ4n) is 2.70. The van der Waals surface area contributed by atoms with Crippen molar-refractivity contribution in [2.75, 3.05) is 6.61 Å². The number of pyridine rings is 1. The van der Waals surface area contributed by atoms with Crippen molar-refractivity contribution in [2.45, 2.75) is 45.2 Å². The molecule has 1 fully saturated rings. The van der Waals surface area contributed by atoms with Crippen molar-refractivity contribution in [3.05, 3.63) is 34.7 Å². The normalized spacial score (nSPS) is 21.1. The van der Waals surface area contributed by atoms with Gasteiger partial charge in [-0.25, -0.2) is 0 Å². The van der Waals surface area contributed by atoms with Crippen LogP contribution in [0.4, 0.5) is 0 Å². The maximum Gasteiger partial charge on any atom is 0.326 e. The van der Waals surface area contributed by atoms with Crippen molar-refractivity contribution in [1.82, 2.24) is 9.88 Å². The molecule has 6 heteroatoms. The number of carbonyl (C=O) groups excluding carboxylic acids is 2. The Hall–Kier alpha value is -2.11. The smallest absolute Gasteiger partial charge is 0.326 e. The number of hydrogen-bond acceptors (Lipinski definition) is 4. The van der Waals surface area contributed by atoms with E-state index >= 15 is 0 Å². The molecule has 0 radical (unpaired) electrons. The van der Waals surface area contributed by atoms with Crippen LogP contribution in [0.3, 0.4) is 0 Å². The van der Waals surface area contributed by atoms with E-state index in [4.69, 9.17) is 4.74 Å². The molecule has 1 saturated carbocycles. The highest BCUT2D eigenvalue weighted by molar-refractivity contribution is 5.80. The minimum atomic E-state index is -0.597. The number of nitrogens with zero attached hydrogens (tertiary/aromatic N) is 1. The van der Waals surface area contributed by atoms with E-state index in [1.54, 1.807) is 12.1 Å². The van der Waals surface area contributed by atoms with Crippen LogP contribution in [0, 0.1) is 5.92 Å². The second-order valence-electron chi connectivity index (χ2n) is 5.76. The van der Waals surface area contributed by atoms with Crippen LogP contribution in [-0.2, 0) is 20.9 Å². The number of hydrogen-bond donors (Lipinski definition) is 1. The molecular formula is C16H22N2O4. The summed E-state index contributed by atoms with van der Waals surface area (Å²) < 4.78 is 6.17. The van der Waals surface area contributed by atoms with E-state index in [1.165, 1.54) is 23.3 Å². The third kappa shape index (κ3) is 4.72. The Morgan fingerprint density at radius 3 is 2.82 bits per heavy atom. The van der Waals surface area contributed by atoms with Crippen molar-refractivity contribution in [3.8, 4) is 0 Å². The molecule has 120 valence electrons. The first-order chi connectivity index (χ1) is 10.6. The quantitative estimate of drug-likeness (QED) is 0.826. The Morgan fingerprint density at radius 1 is 1.32 bits per heavy atom. The zero-order valence-corrected chi connectivity index (χ0v) is 12.8. The predicted octanol–water partition coefficient (Wildman–Crippen LogP) is 1.09. The molecule has 1 aliphatic carbocycles. The average molecular weight is 306 g/mol. The van der Waals surface area contributed by atoms with Crippen LogP contribution < -0.4 is 10.9 Å². The summed E-state index contributed by atoms with van der Waals surface area (Å²) in [5.41, 5.74) is -0.278. The van der Waals surface area contributed by atoms with Gasteiger partial charge in [-0.15, -0.1) is 0 Å². The predicted molar refractivity (Wildman–Crippen MR) is 81.2 cm³/mol. The van der Waals surface area contributed by atoms with Gasteiger partial charge in [0.05, 0.1) is 0 Å². The van der Waals surface area contributed by atoms with Gasteiger partial charge in [0.2, 0.25) is 0 Å². The van der Waals surface area contributed by atoms with E-state index in [1.807, 2.05) is 0 Å². The molecule has 0 unspecified atom stereocenters. The summed E-state index contributed by atoms with van der Waals surface area (Å²) in [5.74, 6) is -0.427. The summed E-state index contributed by atoms with van der Waals surface area (Å²) >= 11 is 0. The maximum absolute atomic E-state index is 11.8. The van der Waals surface area contributed by atoms with E-state index in [9.17, 15) is 14.4 Å². The fraction of sp³-hybridized carbons (Fsp3) is 0.562. The van der Waals surface area contributed by atoms with Gasteiger partial charge < -0.3 is 14.6 Å². The summed E-state index contributed by atoms with van der Waals surface area (Å²) in [4.78, 5) is 35.0. The second-order valence-corrected chi connectivity index (χ2v) is 5.76. The second kappa shape index (κ2) is 7.77. The lowest BCUT2D eigenvalue weighted by atomic mass is 9.86. The number of nitrogens with one attached hydrogen (secondary N) is 1. The summed E-state index contributed by atoms with van der Waals surface area (Å²) in [6, 6.07) is 4.79. The van der Waals surface area contributed by atoms with Gasteiger partial charge in [0.25, 0.3) is 11.5 Å². The Labute approximate surface area is 129 Å². The topological polar surface area (TPSA) is 77.4 Å². The molecule has 1 aromatic heterocycles. The lowest BCUT2D eigenvalue weighted by Crippen LogP contribution is -2.43. The molecule has 1 aromatic rings. The first kappa shape index (κ1) is 16.3. The fourth-order valence-corrected chi connectivity index (χ4v) is 2.70. The van der Waals surface area contributed by atoms with E-state index in [2.05, 4.69) is 12.2 Å². The molecule has 0 bridgehead atoms. The van der Waals surface area contributed by atoms with Crippen LogP contribution in [0.5, 0.6) is 0 Å². The molecule has 1 amide bonds. The van der Waals surface area contributed by atoms with Gasteiger partial charge in [0.1, 0.15) is 6.54 Å². The third-order valence-electron chi connectivity index (χ3n) is 4.02. The number of carbonyl (C=O) groups is 2. The highest BCUT2D eigenvalue weighted by Crippen LogP contribution is 2.23. The van der Waals surface area contributed by atoms with E-state index < -0.39 is 5.97 Å². The summed E-state index contributed by atoms with van der Waals surface area (Å²) in [6.07, 6.45) is 5.91. The van der Waals surface area contributed by atoms with Gasteiger partial charge in [0.15, 0.2) is 6.61 Å². The van der Waals surface area contributed by atoms with Crippen LogP contribution in [0.1, 0.15) is 32.6 Å². The van der Waals surface area contributed by atoms with Crippen LogP contribution in [0.15, 0.2) is 29.2 Å². The van der Waals surface area contributed by atoms with Crippen molar-refractivity contribution in [2.24, 2.45) is 5.92 Å². The van der Waals surface area contributed by atoms with E-state index in [-0.39, 0.29) is 30.7 Å². The maximum atomic E-state index is 11.8. The molecule has 1 N–H and O–H groups in total. The molecule has 1 heterocycles. The molecule has 0 aliphatic heterocycles. The zero-order valence-electron chi connectivity index (χ0n) is 12.8. The Balaban J connectivity index is 1.75. The lowest BCUT2D eigenvalue weighted by molar-refractivity contribution is -0.149. The highest BCUT2D eigenvalue weighted by atomic mass is 16.5. The summed E-state index contributed by atoms with van der Waals surface area (Å²) in [7, 11) is 0. The first-order valence-corrected chi connectivity index (χ1v) is 7.66. The molecule has 0 saturated heterocycles. The van der Waals surface area contributed by atoms with Gasteiger partial charge in [-0.1, -0.05) is 25.8 Å². The molecule has 2 atom stereocenters. The summed E-state index contributed by atoms with van der Waals surface area (Å²) in [5, 5.41) is 2.91. The average Bonchev–Trinajstić information content (AvgIpc) is 2.50. The largest absolute Gasteiger partial charge is 0.454 e. The number of amides is 1. The molecule has 2 rings (SSSR count). The van der Waals surface area contributed by atoms with Crippen LogP contribution in [-0.4, -0.2) is 29.1 Å². The standard InChI is InChI=1S/C16H22N2O4/c1-12-6-2-3-7-13(12)17-14(19)11-22-16(21)10-18-9-5-4-8-15(18)20/h4-5,8-9,12-13H,2-3,6-7,10-11H2,1H3,(H,17,19)/t12-,13-/m1/s1. The molecule has 0 aromatic carbocycles. The first-order valence-electron chi connectivity index (χ1n) is 7.66. The van der Waals surface area contributed by atoms with E-state index in [0.29, 0.717) is 5.92 Å². The van der Waals surface area contributed by atoms with Gasteiger partial charge in [-0.3, -0.25) is 14.4 Å². The summed E-state index contributed by atoms with van der Waals surface area (Å²) in [6.45, 7) is 1.63. The highest BCUT2D eigenvalue weighted by Gasteiger charge is 2.23. The minimum absolute atomic E-state index is 0.164. The van der Waals surface area contributed by atoms with Crippen molar-refractivity contribution >= 4 is 11.9 Å². The van der Waals surface area contributed by atoms with Gasteiger partial charge in [-0.05, 0) is 24.8 Å². The minimum Gasteiger partial charge on any atom is -0.454 e. The number of aromatic nitrogens is 1. The van der Waals surface area contributed by atoms with Crippen LogP contribution in [0.25, 0.3) is 0 Å². The Morgan fingerprint density at radius 2 is 2.09 bits per heavy atom. The van der Waals surface area contributed by atoms with Crippen LogP contribution in [0.2, 0.25) is 0 Å².